The quantitative estimate of drug-likeness (QED) is 0.732. The zero-order valence-corrected chi connectivity index (χ0v) is 13.0. The maximum atomic E-state index is 6.15. The Kier molecular flexibility index (Phi) is 5.63. The van der Waals surface area contributed by atoms with Crippen molar-refractivity contribution in [3.63, 3.8) is 0 Å². The summed E-state index contributed by atoms with van der Waals surface area (Å²) in [6.45, 7) is 6.25. The minimum absolute atomic E-state index is 0.800. The molecule has 2 heteroatoms. The Bertz CT molecular complexity index is 563. The van der Waals surface area contributed by atoms with Gasteiger partial charge in [0.2, 0.25) is 0 Å². The number of rotatable bonds is 6. The number of aryl methyl sites for hydroxylation is 1. The number of benzene rings is 2. The number of hydrogen-bond donors (Lipinski definition) is 1. The molecule has 2 rings (SSSR count). The van der Waals surface area contributed by atoms with Gasteiger partial charge in [-0.15, -0.1) is 0 Å². The van der Waals surface area contributed by atoms with Crippen LogP contribution in [0.15, 0.2) is 42.5 Å². The highest BCUT2D eigenvalue weighted by Gasteiger charge is 2.06. The van der Waals surface area contributed by atoms with E-state index in [9.17, 15) is 0 Å². The van der Waals surface area contributed by atoms with Gasteiger partial charge in [-0.1, -0.05) is 55.8 Å². The topological polar surface area (TPSA) is 12.0 Å². The lowest BCUT2D eigenvalue weighted by Crippen LogP contribution is -2.14. The molecule has 20 heavy (non-hydrogen) atoms. The monoisotopic (exact) mass is 287 g/mol. The zero-order valence-electron chi connectivity index (χ0n) is 12.2. The Labute approximate surface area is 127 Å². The van der Waals surface area contributed by atoms with Crippen LogP contribution in [0.25, 0.3) is 11.1 Å². The third kappa shape index (κ3) is 3.84. The van der Waals surface area contributed by atoms with Crippen LogP contribution >= 0.6 is 11.6 Å². The molecule has 0 radical (unpaired) electrons. The summed E-state index contributed by atoms with van der Waals surface area (Å²) in [5, 5.41) is 4.26. The molecule has 0 unspecified atom stereocenters. The molecule has 0 saturated heterocycles. The minimum atomic E-state index is 0.800. The molecular weight excluding hydrogens is 266 g/mol. The van der Waals surface area contributed by atoms with E-state index in [1.165, 1.54) is 22.3 Å². The predicted molar refractivity (Wildman–Crippen MR) is 88.3 cm³/mol. The molecule has 0 bridgehead atoms. The molecule has 0 saturated carbocycles. The first kappa shape index (κ1) is 15.1. The molecule has 0 heterocycles. The van der Waals surface area contributed by atoms with Gasteiger partial charge in [0.05, 0.1) is 0 Å². The molecule has 0 atom stereocenters. The van der Waals surface area contributed by atoms with E-state index in [2.05, 4.69) is 55.6 Å². The lowest BCUT2D eigenvalue weighted by atomic mass is 9.97. The molecule has 2 aromatic rings. The van der Waals surface area contributed by atoms with E-state index in [1.54, 1.807) is 0 Å². The van der Waals surface area contributed by atoms with E-state index in [1.807, 2.05) is 6.07 Å². The van der Waals surface area contributed by atoms with Crippen molar-refractivity contribution in [3.8, 4) is 11.1 Å². The van der Waals surface area contributed by atoms with Crippen molar-refractivity contribution in [1.29, 1.82) is 0 Å². The van der Waals surface area contributed by atoms with Crippen molar-refractivity contribution in [3.05, 3.63) is 58.6 Å². The summed E-state index contributed by atoms with van der Waals surface area (Å²) in [6, 6.07) is 14.9. The van der Waals surface area contributed by atoms with Crippen LogP contribution in [0.5, 0.6) is 0 Å². The molecule has 0 fully saturated rings. The van der Waals surface area contributed by atoms with Crippen LogP contribution < -0.4 is 5.32 Å². The van der Waals surface area contributed by atoms with Gasteiger partial charge in [0.15, 0.2) is 0 Å². The lowest BCUT2D eigenvalue weighted by Gasteiger charge is -2.12. The third-order valence-electron chi connectivity index (χ3n) is 3.46. The van der Waals surface area contributed by atoms with Gasteiger partial charge < -0.3 is 5.32 Å². The molecule has 1 N–H and O–H groups in total. The number of hydrogen-bond acceptors (Lipinski definition) is 1. The molecule has 106 valence electrons. The highest BCUT2D eigenvalue weighted by Crippen LogP contribution is 2.27. The normalized spacial score (nSPS) is 10.8. The largest absolute Gasteiger partial charge is 0.313 e. The minimum Gasteiger partial charge on any atom is -0.313 e. The van der Waals surface area contributed by atoms with Gasteiger partial charge in [0.25, 0.3) is 0 Å². The van der Waals surface area contributed by atoms with Crippen molar-refractivity contribution in [2.75, 3.05) is 6.54 Å². The third-order valence-corrected chi connectivity index (χ3v) is 3.69. The van der Waals surface area contributed by atoms with E-state index < -0.39 is 0 Å². The molecule has 1 nitrogen and oxygen atoms in total. The average Bonchev–Trinajstić information content (AvgIpc) is 2.48. The second kappa shape index (κ2) is 7.47. The van der Waals surface area contributed by atoms with Crippen LogP contribution in [0.3, 0.4) is 0 Å². The van der Waals surface area contributed by atoms with Crippen LogP contribution in [0.4, 0.5) is 0 Å². The number of nitrogens with one attached hydrogen (secondary N) is 1. The molecule has 0 amide bonds. The van der Waals surface area contributed by atoms with E-state index in [0.29, 0.717) is 0 Å². The van der Waals surface area contributed by atoms with E-state index in [0.717, 1.165) is 31.0 Å². The van der Waals surface area contributed by atoms with Gasteiger partial charge in [-0.25, -0.2) is 0 Å². The lowest BCUT2D eigenvalue weighted by molar-refractivity contribution is 0.676. The first-order chi connectivity index (χ1) is 9.74. The predicted octanol–water partition coefficient (Wildman–Crippen LogP) is 5.07. The summed E-state index contributed by atoms with van der Waals surface area (Å²) in [6.07, 6.45) is 2.20. The highest BCUT2D eigenvalue weighted by atomic mass is 35.5. The highest BCUT2D eigenvalue weighted by molar-refractivity contribution is 6.30. The van der Waals surface area contributed by atoms with Gasteiger partial charge >= 0.3 is 0 Å². The van der Waals surface area contributed by atoms with Gasteiger partial charge in [0.1, 0.15) is 0 Å². The number of halogens is 1. The van der Waals surface area contributed by atoms with Crippen LogP contribution in [-0.4, -0.2) is 6.54 Å². The van der Waals surface area contributed by atoms with Crippen LogP contribution in [0.2, 0.25) is 5.02 Å². The summed E-state index contributed by atoms with van der Waals surface area (Å²) in [5.41, 5.74) is 5.17. The average molecular weight is 288 g/mol. The standard InChI is InChI=1S/C18H22ClN/c1-3-10-20-13-16-12-17(19)8-9-18(16)15-7-5-6-14(4-2)11-15/h5-9,11-12,20H,3-4,10,13H2,1-2H3. The Balaban J connectivity index is 2.33. The summed E-state index contributed by atoms with van der Waals surface area (Å²) in [4.78, 5) is 0. The first-order valence-corrected chi connectivity index (χ1v) is 7.70. The fourth-order valence-corrected chi connectivity index (χ4v) is 2.54. The van der Waals surface area contributed by atoms with E-state index in [-0.39, 0.29) is 0 Å². The van der Waals surface area contributed by atoms with Crippen LogP contribution in [0.1, 0.15) is 31.4 Å². The molecule has 0 aliphatic heterocycles. The fraction of sp³-hybridized carbons (Fsp3) is 0.333. The van der Waals surface area contributed by atoms with Crippen molar-refractivity contribution in [2.45, 2.75) is 33.2 Å². The van der Waals surface area contributed by atoms with E-state index >= 15 is 0 Å². The Morgan fingerprint density at radius 2 is 1.90 bits per heavy atom. The van der Waals surface area contributed by atoms with Gasteiger partial charge in [-0.2, -0.15) is 0 Å². The summed E-state index contributed by atoms with van der Waals surface area (Å²) in [5.74, 6) is 0. The van der Waals surface area contributed by atoms with Crippen molar-refractivity contribution < 1.29 is 0 Å². The smallest absolute Gasteiger partial charge is 0.0409 e. The SMILES string of the molecule is CCCNCc1cc(Cl)ccc1-c1cccc(CC)c1. The van der Waals surface area contributed by atoms with Gasteiger partial charge in [-0.05, 0) is 53.8 Å². The summed E-state index contributed by atoms with van der Waals surface area (Å²) < 4.78 is 0. The van der Waals surface area contributed by atoms with Crippen LogP contribution in [-0.2, 0) is 13.0 Å². The second-order valence-corrected chi connectivity index (χ2v) is 5.47. The van der Waals surface area contributed by atoms with Gasteiger partial charge in [-0.3, -0.25) is 0 Å². The Morgan fingerprint density at radius 1 is 1.05 bits per heavy atom. The first-order valence-electron chi connectivity index (χ1n) is 7.33. The molecule has 0 aliphatic rings. The van der Waals surface area contributed by atoms with Crippen molar-refractivity contribution >= 4 is 11.6 Å². The second-order valence-electron chi connectivity index (χ2n) is 5.03. The van der Waals surface area contributed by atoms with E-state index in [4.69, 9.17) is 11.6 Å². The molecular formula is C18H22ClN. The van der Waals surface area contributed by atoms with Crippen molar-refractivity contribution in [1.82, 2.24) is 5.32 Å². The maximum absolute atomic E-state index is 6.15. The zero-order chi connectivity index (χ0) is 14.4. The van der Waals surface area contributed by atoms with Gasteiger partial charge in [0, 0.05) is 11.6 Å². The molecule has 0 aliphatic carbocycles. The molecule has 0 aromatic heterocycles. The fourth-order valence-electron chi connectivity index (χ4n) is 2.35. The molecule has 2 aromatic carbocycles. The maximum Gasteiger partial charge on any atom is 0.0409 e. The Hall–Kier alpha value is -1.31. The van der Waals surface area contributed by atoms with Crippen molar-refractivity contribution in [2.24, 2.45) is 0 Å². The van der Waals surface area contributed by atoms with Crippen LogP contribution in [0, 0.1) is 0 Å². The summed E-state index contributed by atoms with van der Waals surface area (Å²) >= 11 is 6.15. The Morgan fingerprint density at radius 3 is 2.65 bits per heavy atom. The molecule has 0 spiro atoms. The summed E-state index contributed by atoms with van der Waals surface area (Å²) in [7, 11) is 0.